The minimum absolute atomic E-state index is 0.0536. The molecule has 5 rings (SSSR count). The Morgan fingerprint density at radius 2 is 1.85 bits per heavy atom. The van der Waals surface area contributed by atoms with Gasteiger partial charge in [0.2, 0.25) is 0 Å². The average molecular weight is 446 g/mol. The van der Waals surface area contributed by atoms with E-state index >= 15 is 0 Å². The highest BCUT2D eigenvalue weighted by molar-refractivity contribution is 5.94. The van der Waals surface area contributed by atoms with E-state index in [9.17, 15) is 4.79 Å². The number of fused-ring (bicyclic) bond motifs is 4. The van der Waals surface area contributed by atoms with Gasteiger partial charge in [0.1, 0.15) is 22.7 Å². The molecule has 1 fully saturated rings. The maximum atomic E-state index is 13.3. The van der Waals surface area contributed by atoms with Crippen molar-refractivity contribution < 1.29 is 14.3 Å². The lowest BCUT2D eigenvalue weighted by Gasteiger charge is -2.44. The van der Waals surface area contributed by atoms with Crippen molar-refractivity contribution in [2.24, 2.45) is 7.05 Å². The first-order chi connectivity index (χ1) is 15.7. The summed E-state index contributed by atoms with van der Waals surface area (Å²) >= 11 is 0. The molecule has 0 unspecified atom stereocenters. The van der Waals surface area contributed by atoms with Crippen LogP contribution in [0.25, 0.3) is 11.3 Å². The van der Waals surface area contributed by atoms with E-state index in [0.717, 1.165) is 46.7 Å². The minimum atomic E-state index is -0.449. The van der Waals surface area contributed by atoms with Gasteiger partial charge in [-0.05, 0) is 63.6 Å². The van der Waals surface area contributed by atoms with Gasteiger partial charge in [0.15, 0.2) is 0 Å². The lowest BCUT2D eigenvalue weighted by atomic mass is 9.81. The van der Waals surface area contributed by atoms with Gasteiger partial charge >= 0.3 is 0 Å². The van der Waals surface area contributed by atoms with Gasteiger partial charge in [0.25, 0.3) is 5.91 Å². The molecule has 0 saturated carbocycles. The Balaban J connectivity index is 1.35. The maximum absolute atomic E-state index is 13.3. The van der Waals surface area contributed by atoms with Crippen LogP contribution in [0.1, 0.15) is 55.1 Å². The van der Waals surface area contributed by atoms with Crippen molar-refractivity contribution in [3.8, 4) is 22.8 Å². The molecule has 3 heterocycles. The third-order valence-corrected chi connectivity index (χ3v) is 6.57. The highest BCUT2D eigenvalue weighted by Gasteiger charge is 2.45. The lowest BCUT2D eigenvalue weighted by Crippen LogP contribution is -2.49. The molecule has 2 aliphatic rings. The molecule has 0 aliphatic carbocycles. The summed E-state index contributed by atoms with van der Waals surface area (Å²) in [6.45, 7) is 9.32. The van der Waals surface area contributed by atoms with Crippen molar-refractivity contribution in [2.75, 3.05) is 13.1 Å². The van der Waals surface area contributed by atoms with Crippen molar-refractivity contribution in [1.82, 2.24) is 14.7 Å². The molecule has 0 N–H and O–H groups in total. The molecule has 6 nitrogen and oxygen atoms in total. The fourth-order valence-electron chi connectivity index (χ4n) is 4.96. The number of rotatable bonds is 2. The molecule has 33 heavy (non-hydrogen) atoms. The number of aryl methyl sites for hydroxylation is 2. The number of carbonyl (C=O) groups is 1. The van der Waals surface area contributed by atoms with Crippen LogP contribution in [0, 0.1) is 6.92 Å². The van der Waals surface area contributed by atoms with Gasteiger partial charge < -0.3 is 14.4 Å². The number of hydrogen-bond acceptors (Lipinski definition) is 4. The number of aromatic nitrogens is 2. The van der Waals surface area contributed by atoms with Crippen molar-refractivity contribution in [3.63, 3.8) is 0 Å². The fourth-order valence-corrected chi connectivity index (χ4v) is 4.96. The van der Waals surface area contributed by atoms with E-state index in [4.69, 9.17) is 9.47 Å². The number of likely N-dealkylation sites (tertiary alicyclic amines) is 1. The van der Waals surface area contributed by atoms with Crippen LogP contribution in [0.15, 0.2) is 48.7 Å². The zero-order valence-corrected chi connectivity index (χ0v) is 20.0. The quantitative estimate of drug-likeness (QED) is 0.551. The van der Waals surface area contributed by atoms with Gasteiger partial charge in [0.05, 0.1) is 11.9 Å². The summed E-state index contributed by atoms with van der Waals surface area (Å²) in [4.78, 5) is 15.2. The summed E-state index contributed by atoms with van der Waals surface area (Å²) in [5.41, 5.74) is 4.25. The van der Waals surface area contributed by atoms with Crippen LogP contribution in [-0.2, 0) is 12.6 Å². The van der Waals surface area contributed by atoms with Gasteiger partial charge in [-0.15, -0.1) is 0 Å². The number of nitrogens with zero attached hydrogens (tertiary/aromatic N) is 3. The Morgan fingerprint density at radius 3 is 2.55 bits per heavy atom. The van der Waals surface area contributed by atoms with Gasteiger partial charge in [0, 0.05) is 49.7 Å². The number of hydrogen-bond donors (Lipinski definition) is 0. The Bertz CT molecular complexity index is 1210. The molecule has 2 aromatic carbocycles. The Labute approximate surface area is 195 Å². The number of ether oxygens (including phenoxy) is 2. The van der Waals surface area contributed by atoms with Crippen LogP contribution in [0.3, 0.4) is 0 Å². The predicted octanol–water partition coefficient (Wildman–Crippen LogP) is 5.10. The Hall–Kier alpha value is -3.28. The van der Waals surface area contributed by atoms with Crippen molar-refractivity contribution >= 4 is 5.91 Å². The summed E-state index contributed by atoms with van der Waals surface area (Å²) in [5.74, 6) is 1.76. The molecule has 0 atom stereocenters. The van der Waals surface area contributed by atoms with Crippen LogP contribution < -0.4 is 9.47 Å². The molecule has 1 aromatic heterocycles. The minimum Gasteiger partial charge on any atom is -0.488 e. The van der Waals surface area contributed by atoms with Gasteiger partial charge in [-0.3, -0.25) is 9.48 Å². The molecule has 0 bridgehead atoms. The third-order valence-electron chi connectivity index (χ3n) is 6.57. The van der Waals surface area contributed by atoms with Gasteiger partial charge in [-0.1, -0.05) is 12.1 Å². The molecule has 1 spiro atoms. The molecule has 1 amide bonds. The molecular formula is C27H31N3O3. The van der Waals surface area contributed by atoms with Crippen LogP contribution in [0.2, 0.25) is 0 Å². The summed E-state index contributed by atoms with van der Waals surface area (Å²) < 4.78 is 14.5. The second-order valence-electron chi connectivity index (χ2n) is 10.1. The standard InChI is InChI=1S/C27H31N3O3/c1-18-16-19(10-11-22(18)32-26(2,3)4)25(31)30-14-12-27(13-15-30)21-17-28-29(5)24(21)20-8-6-7-9-23(20)33-27/h6-11,16-17H,12-15H2,1-5H3. The molecular weight excluding hydrogens is 414 g/mol. The van der Waals surface area contributed by atoms with E-state index in [2.05, 4.69) is 11.2 Å². The van der Waals surface area contributed by atoms with E-state index in [0.29, 0.717) is 18.7 Å². The molecule has 3 aromatic rings. The van der Waals surface area contributed by atoms with Crippen molar-refractivity contribution in [2.45, 2.75) is 51.7 Å². The first kappa shape index (κ1) is 21.6. The molecule has 0 radical (unpaired) electrons. The Kier molecular flexibility index (Phi) is 5.00. The largest absolute Gasteiger partial charge is 0.488 e. The first-order valence-electron chi connectivity index (χ1n) is 11.6. The molecule has 172 valence electrons. The van der Waals surface area contributed by atoms with Crippen molar-refractivity contribution in [1.29, 1.82) is 0 Å². The fraction of sp³-hybridized carbons (Fsp3) is 0.407. The van der Waals surface area contributed by atoms with Gasteiger partial charge in [-0.25, -0.2) is 0 Å². The molecule has 1 saturated heterocycles. The zero-order chi connectivity index (χ0) is 23.4. The van der Waals surface area contributed by atoms with Crippen LogP contribution >= 0.6 is 0 Å². The van der Waals surface area contributed by atoms with E-state index in [1.807, 2.05) is 86.9 Å². The smallest absolute Gasteiger partial charge is 0.253 e. The highest BCUT2D eigenvalue weighted by atomic mass is 16.5. The summed E-state index contributed by atoms with van der Waals surface area (Å²) in [6, 6.07) is 13.8. The summed E-state index contributed by atoms with van der Waals surface area (Å²) in [5, 5.41) is 4.54. The number of amides is 1. The monoisotopic (exact) mass is 445 g/mol. The second kappa shape index (κ2) is 7.65. The van der Waals surface area contributed by atoms with Crippen LogP contribution in [0.4, 0.5) is 0 Å². The zero-order valence-electron chi connectivity index (χ0n) is 20.0. The van der Waals surface area contributed by atoms with Gasteiger partial charge in [-0.2, -0.15) is 5.10 Å². The summed E-state index contributed by atoms with van der Waals surface area (Å²) in [7, 11) is 1.97. The normalized spacial score (nSPS) is 16.7. The van der Waals surface area contributed by atoms with E-state index < -0.39 is 5.60 Å². The van der Waals surface area contributed by atoms with Crippen LogP contribution in [0.5, 0.6) is 11.5 Å². The summed E-state index contributed by atoms with van der Waals surface area (Å²) in [6.07, 6.45) is 3.39. The first-order valence-corrected chi connectivity index (χ1v) is 11.6. The van der Waals surface area contributed by atoms with E-state index in [1.54, 1.807) is 0 Å². The van der Waals surface area contributed by atoms with E-state index in [1.165, 1.54) is 0 Å². The number of carbonyl (C=O) groups excluding carboxylic acids is 1. The molecule has 6 heteroatoms. The SMILES string of the molecule is Cc1cc(C(=O)N2CCC3(CC2)Oc2ccccc2-c2c3cnn2C)ccc1OC(C)(C)C. The maximum Gasteiger partial charge on any atom is 0.253 e. The number of para-hydroxylation sites is 1. The van der Waals surface area contributed by atoms with Crippen LogP contribution in [-0.4, -0.2) is 39.3 Å². The predicted molar refractivity (Wildman–Crippen MR) is 128 cm³/mol. The lowest BCUT2D eigenvalue weighted by molar-refractivity contribution is -0.00172. The Morgan fingerprint density at radius 1 is 1.12 bits per heavy atom. The second-order valence-corrected chi connectivity index (χ2v) is 10.1. The van der Waals surface area contributed by atoms with Crippen molar-refractivity contribution in [3.05, 3.63) is 65.4 Å². The average Bonchev–Trinajstić information content (AvgIpc) is 3.17. The molecule has 2 aliphatic heterocycles. The van der Waals surface area contributed by atoms with E-state index in [-0.39, 0.29) is 11.5 Å². The highest BCUT2D eigenvalue weighted by Crippen LogP contribution is 2.49. The topological polar surface area (TPSA) is 56.6 Å². The third kappa shape index (κ3) is 3.77. The number of piperidine rings is 1. The number of benzene rings is 2.